The summed E-state index contributed by atoms with van der Waals surface area (Å²) in [6.07, 6.45) is 4.12. The van der Waals surface area contributed by atoms with Gasteiger partial charge in [0.1, 0.15) is 5.82 Å². The van der Waals surface area contributed by atoms with Crippen LogP contribution in [0.4, 0.5) is 11.5 Å². The zero-order valence-corrected chi connectivity index (χ0v) is 11.4. The van der Waals surface area contributed by atoms with Gasteiger partial charge in [-0.3, -0.25) is 0 Å². The number of nitrogens with two attached hydrogens (primary N) is 1. The van der Waals surface area contributed by atoms with Crippen molar-refractivity contribution in [1.29, 1.82) is 0 Å². The molecule has 0 radical (unpaired) electrons. The molecule has 1 aromatic carbocycles. The van der Waals surface area contributed by atoms with Crippen LogP contribution in [0.3, 0.4) is 0 Å². The first kappa shape index (κ1) is 13.6. The molecule has 2 aromatic rings. The van der Waals surface area contributed by atoms with E-state index in [-0.39, 0.29) is 0 Å². The van der Waals surface area contributed by atoms with E-state index in [1.165, 1.54) is 5.69 Å². The van der Waals surface area contributed by atoms with E-state index in [0.29, 0.717) is 6.54 Å². The highest BCUT2D eigenvalue weighted by atomic mass is 15.2. The summed E-state index contributed by atoms with van der Waals surface area (Å²) in [7, 11) is 0. The van der Waals surface area contributed by atoms with Crippen LogP contribution in [-0.2, 0) is 6.54 Å². The molecule has 3 nitrogen and oxygen atoms in total. The normalized spacial score (nSPS) is 10.4. The highest BCUT2D eigenvalue weighted by Crippen LogP contribution is 2.26. The van der Waals surface area contributed by atoms with Crippen LogP contribution in [-0.4, -0.2) is 11.5 Å². The Balaban J connectivity index is 2.37. The van der Waals surface area contributed by atoms with Crippen LogP contribution in [0, 0.1) is 0 Å². The fourth-order valence-electron chi connectivity index (χ4n) is 2.11. The molecule has 0 unspecified atom stereocenters. The molecule has 0 fully saturated rings. The van der Waals surface area contributed by atoms with Crippen LogP contribution in [0.25, 0.3) is 0 Å². The molecule has 0 aliphatic carbocycles. The van der Waals surface area contributed by atoms with Crippen LogP contribution in [0.1, 0.15) is 25.3 Å². The maximum atomic E-state index is 5.83. The Labute approximate surface area is 115 Å². The lowest BCUT2D eigenvalue weighted by Gasteiger charge is -2.25. The molecule has 0 spiro atoms. The van der Waals surface area contributed by atoms with Crippen molar-refractivity contribution in [2.75, 3.05) is 11.4 Å². The van der Waals surface area contributed by atoms with Crippen molar-refractivity contribution >= 4 is 11.5 Å². The summed E-state index contributed by atoms with van der Waals surface area (Å²) in [6, 6.07) is 14.4. The highest BCUT2D eigenvalue weighted by molar-refractivity contribution is 5.62. The maximum absolute atomic E-state index is 5.83. The van der Waals surface area contributed by atoms with Crippen LogP contribution >= 0.6 is 0 Å². The first-order valence-corrected chi connectivity index (χ1v) is 6.83. The molecule has 100 valence electrons. The summed E-state index contributed by atoms with van der Waals surface area (Å²) in [5, 5.41) is 0. The van der Waals surface area contributed by atoms with Crippen LogP contribution in [0.5, 0.6) is 0 Å². The van der Waals surface area contributed by atoms with Crippen molar-refractivity contribution in [2.24, 2.45) is 5.73 Å². The minimum Gasteiger partial charge on any atom is -0.326 e. The number of anilines is 2. The average Bonchev–Trinajstić information content (AvgIpc) is 2.49. The molecule has 0 saturated carbocycles. The largest absolute Gasteiger partial charge is 0.326 e. The van der Waals surface area contributed by atoms with E-state index in [9.17, 15) is 0 Å². The van der Waals surface area contributed by atoms with E-state index in [4.69, 9.17) is 5.73 Å². The van der Waals surface area contributed by atoms with Crippen molar-refractivity contribution in [2.45, 2.75) is 26.3 Å². The summed E-state index contributed by atoms with van der Waals surface area (Å²) in [5.41, 5.74) is 8.08. The molecule has 0 amide bonds. The Morgan fingerprint density at radius 1 is 1.11 bits per heavy atom. The summed E-state index contributed by atoms with van der Waals surface area (Å²) < 4.78 is 0. The van der Waals surface area contributed by atoms with Gasteiger partial charge in [-0.2, -0.15) is 0 Å². The van der Waals surface area contributed by atoms with Gasteiger partial charge in [0.2, 0.25) is 0 Å². The molecule has 0 saturated heterocycles. The Morgan fingerprint density at radius 2 is 1.89 bits per heavy atom. The summed E-state index contributed by atoms with van der Waals surface area (Å²) in [5.74, 6) is 0.977. The number of rotatable bonds is 6. The predicted octanol–water partition coefficient (Wildman–Crippen LogP) is 3.48. The predicted molar refractivity (Wildman–Crippen MR) is 80.5 cm³/mol. The maximum Gasteiger partial charge on any atom is 0.137 e. The monoisotopic (exact) mass is 255 g/mol. The third kappa shape index (κ3) is 3.32. The van der Waals surface area contributed by atoms with Crippen molar-refractivity contribution in [3.63, 3.8) is 0 Å². The molecule has 0 atom stereocenters. The summed E-state index contributed by atoms with van der Waals surface area (Å²) in [6.45, 7) is 3.68. The minimum atomic E-state index is 0.513. The molecule has 0 bridgehead atoms. The molecule has 2 rings (SSSR count). The molecule has 3 heteroatoms. The number of pyridine rings is 1. The van der Waals surface area contributed by atoms with E-state index in [2.05, 4.69) is 41.1 Å². The van der Waals surface area contributed by atoms with Crippen LogP contribution in [0.2, 0.25) is 0 Å². The lowest BCUT2D eigenvalue weighted by atomic mass is 10.2. The second-order valence-electron chi connectivity index (χ2n) is 4.53. The van der Waals surface area contributed by atoms with Crippen molar-refractivity contribution in [3.05, 3.63) is 54.2 Å². The van der Waals surface area contributed by atoms with Gasteiger partial charge in [0.15, 0.2) is 0 Å². The van der Waals surface area contributed by atoms with E-state index in [1.807, 2.05) is 24.4 Å². The third-order valence-corrected chi connectivity index (χ3v) is 3.15. The van der Waals surface area contributed by atoms with Gasteiger partial charge in [0.05, 0.1) is 0 Å². The van der Waals surface area contributed by atoms with Crippen molar-refractivity contribution < 1.29 is 0 Å². The Kier molecular flexibility index (Phi) is 4.93. The molecule has 19 heavy (non-hydrogen) atoms. The van der Waals surface area contributed by atoms with Crippen LogP contribution < -0.4 is 10.6 Å². The van der Waals surface area contributed by atoms with Crippen molar-refractivity contribution in [1.82, 2.24) is 4.98 Å². The lowest BCUT2D eigenvalue weighted by molar-refractivity contribution is 0.775. The zero-order valence-electron chi connectivity index (χ0n) is 11.4. The molecule has 1 heterocycles. The number of nitrogens with zero attached hydrogens (tertiary/aromatic N) is 2. The fourth-order valence-corrected chi connectivity index (χ4v) is 2.11. The SMILES string of the molecule is CCCCN(c1ccccc1)c1ncccc1CN. The minimum absolute atomic E-state index is 0.513. The zero-order chi connectivity index (χ0) is 13.5. The first-order valence-electron chi connectivity index (χ1n) is 6.83. The standard InChI is InChI=1S/C16H21N3/c1-2-3-12-19(15-9-5-4-6-10-15)16-14(13-17)8-7-11-18-16/h4-11H,2-3,12-13,17H2,1H3. The fraction of sp³-hybridized carbons (Fsp3) is 0.312. The smallest absolute Gasteiger partial charge is 0.137 e. The lowest BCUT2D eigenvalue weighted by Crippen LogP contribution is -2.21. The van der Waals surface area contributed by atoms with Gasteiger partial charge >= 0.3 is 0 Å². The molecule has 0 aliphatic rings. The van der Waals surface area contributed by atoms with Gasteiger partial charge in [0.25, 0.3) is 0 Å². The Morgan fingerprint density at radius 3 is 2.58 bits per heavy atom. The van der Waals surface area contributed by atoms with Gasteiger partial charge in [-0.05, 0) is 24.6 Å². The van der Waals surface area contributed by atoms with Gasteiger partial charge in [-0.25, -0.2) is 4.98 Å². The quantitative estimate of drug-likeness (QED) is 0.859. The molecular weight excluding hydrogens is 234 g/mol. The van der Waals surface area contributed by atoms with Gasteiger partial charge in [-0.15, -0.1) is 0 Å². The van der Waals surface area contributed by atoms with E-state index >= 15 is 0 Å². The number of benzene rings is 1. The molecule has 1 aromatic heterocycles. The van der Waals surface area contributed by atoms with E-state index in [1.54, 1.807) is 0 Å². The second kappa shape index (κ2) is 6.90. The Hall–Kier alpha value is -1.87. The molecule has 0 aliphatic heterocycles. The molecular formula is C16H21N3. The topological polar surface area (TPSA) is 42.2 Å². The van der Waals surface area contributed by atoms with Gasteiger partial charge in [0, 0.05) is 30.5 Å². The van der Waals surface area contributed by atoms with Gasteiger partial charge in [-0.1, -0.05) is 37.6 Å². The summed E-state index contributed by atoms with van der Waals surface area (Å²) >= 11 is 0. The van der Waals surface area contributed by atoms with Crippen LogP contribution in [0.15, 0.2) is 48.7 Å². The third-order valence-electron chi connectivity index (χ3n) is 3.15. The van der Waals surface area contributed by atoms with Crippen molar-refractivity contribution in [3.8, 4) is 0 Å². The summed E-state index contributed by atoms with van der Waals surface area (Å²) in [4.78, 5) is 6.78. The number of hydrogen-bond donors (Lipinski definition) is 1. The Bertz CT molecular complexity index is 496. The molecule has 2 N–H and O–H groups in total. The average molecular weight is 255 g/mol. The van der Waals surface area contributed by atoms with E-state index in [0.717, 1.165) is 30.8 Å². The second-order valence-corrected chi connectivity index (χ2v) is 4.53. The highest BCUT2D eigenvalue weighted by Gasteiger charge is 2.13. The number of para-hydroxylation sites is 1. The number of aromatic nitrogens is 1. The number of hydrogen-bond acceptors (Lipinski definition) is 3. The first-order chi connectivity index (χ1) is 9.36. The van der Waals surface area contributed by atoms with E-state index < -0.39 is 0 Å². The number of unbranched alkanes of at least 4 members (excludes halogenated alkanes) is 1. The van der Waals surface area contributed by atoms with Gasteiger partial charge < -0.3 is 10.6 Å².